The Hall–Kier alpha value is -2.37. The first-order chi connectivity index (χ1) is 13.3. The number of nitrogens with one attached hydrogen (secondary N) is 3. The molecular formula is C23H37N3O3. The maximum absolute atomic E-state index is 12.3. The van der Waals surface area contributed by atoms with Gasteiger partial charge in [-0.25, -0.2) is 0 Å². The molecule has 0 aromatic heterocycles. The molecule has 3 N–H and O–H groups in total. The number of rotatable bonds is 8. The van der Waals surface area contributed by atoms with Crippen LogP contribution >= 0.6 is 0 Å². The molecule has 0 aliphatic heterocycles. The third kappa shape index (κ3) is 11.3. The van der Waals surface area contributed by atoms with Gasteiger partial charge in [0.15, 0.2) is 0 Å². The van der Waals surface area contributed by atoms with E-state index < -0.39 is 0 Å². The second-order valence-electron chi connectivity index (χ2n) is 10.0. The van der Waals surface area contributed by atoms with Gasteiger partial charge in [0.1, 0.15) is 0 Å². The zero-order valence-electron chi connectivity index (χ0n) is 19.0. The van der Waals surface area contributed by atoms with E-state index in [1.807, 2.05) is 48.5 Å². The number of hydrogen-bond donors (Lipinski definition) is 3. The van der Waals surface area contributed by atoms with Crippen LogP contribution in [0.4, 0.5) is 17.1 Å². The lowest BCUT2D eigenvalue weighted by molar-refractivity contribution is -0.118. The van der Waals surface area contributed by atoms with Crippen LogP contribution in [0.15, 0.2) is 18.2 Å². The van der Waals surface area contributed by atoms with Gasteiger partial charge in [0.2, 0.25) is 17.7 Å². The third-order valence-electron chi connectivity index (χ3n) is 3.92. The highest BCUT2D eigenvalue weighted by molar-refractivity contribution is 5.98. The minimum Gasteiger partial charge on any atom is -0.326 e. The molecule has 0 radical (unpaired) electrons. The standard InChI is InChI=1S/C23H37N3O3/c1-8-9-10-19(27)24-16-11-17(25-20(28)14-22(2,3)4)13-18(12-16)26-21(29)15-23(5,6)7/h11-13H,8-10,14-15H2,1-7H3,(H,24,27)(H,25,28)(H,26,29). The van der Waals surface area contributed by atoms with E-state index in [9.17, 15) is 14.4 Å². The van der Waals surface area contributed by atoms with E-state index >= 15 is 0 Å². The van der Waals surface area contributed by atoms with Crippen LogP contribution in [0, 0.1) is 10.8 Å². The van der Waals surface area contributed by atoms with Crippen molar-refractivity contribution in [3.05, 3.63) is 18.2 Å². The molecule has 1 aromatic carbocycles. The molecule has 0 aliphatic rings. The number of carbonyl (C=O) groups excluding carboxylic acids is 3. The number of benzene rings is 1. The van der Waals surface area contributed by atoms with E-state index in [-0.39, 0.29) is 28.6 Å². The van der Waals surface area contributed by atoms with Crippen molar-refractivity contribution in [3.63, 3.8) is 0 Å². The normalized spacial score (nSPS) is 11.7. The first kappa shape index (κ1) is 24.7. The molecule has 0 heterocycles. The van der Waals surface area contributed by atoms with Crippen LogP contribution in [0.5, 0.6) is 0 Å². The lowest BCUT2D eigenvalue weighted by atomic mass is 9.92. The Kier molecular flexibility index (Phi) is 8.86. The topological polar surface area (TPSA) is 87.3 Å². The quantitative estimate of drug-likeness (QED) is 0.530. The summed E-state index contributed by atoms with van der Waals surface area (Å²) in [4.78, 5) is 36.8. The van der Waals surface area contributed by atoms with Gasteiger partial charge >= 0.3 is 0 Å². The molecule has 0 fully saturated rings. The number of carbonyl (C=O) groups is 3. The molecule has 6 heteroatoms. The molecule has 0 saturated carbocycles. The van der Waals surface area contributed by atoms with Gasteiger partial charge in [0.25, 0.3) is 0 Å². The minimum atomic E-state index is -0.139. The molecule has 29 heavy (non-hydrogen) atoms. The third-order valence-corrected chi connectivity index (χ3v) is 3.92. The molecule has 0 atom stereocenters. The van der Waals surface area contributed by atoms with Crippen LogP contribution in [0.1, 0.15) is 80.6 Å². The van der Waals surface area contributed by atoms with Gasteiger partial charge < -0.3 is 16.0 Å². The van der Waals surface area contributed by atoms with E-state index in [0.717, 1.165) is 12.8 Å². The minimum absolute atomic E-state index is 0.0861. The second kappa shape index (κ2) is 10.4. The summed E-state index contributed by atoms with van der Waals surface area (Å²) in [7, 11) is 0. The summed E-state index contributed by atoms with van der Waals surface area (Å²) in [6, 6.07) is 5.14. The average molecular weight is 404 g/mol. The van der Waals surface area contributed by atoms with Crippen LogP contribution in [-0.4, -0.2) is 17.7 Å². The van der Waals surface area contributed by atoms with Crippen molar-refractivity contribution in [2.24, 2.45) is 10.8 Å². The Morgan fingerprint density at radius 3 is 1.34 bits per heavy atom. The van der Waals surface area contributed by atoms with Gasteiger partial charge in [-0.2, -0.15) is 0 Å². The lowest BCUT2D eigenvalue weighted by Gasteiger charge is -2.19. The monoisotopic (exact) mass is 403 g/mol. The molecule has 0 saturated heterocycles. The zero-order chi connectivity index (χ0) is 22.2. The SMILES string of the molecule is CCCCC(=O)Nc1cc(NC(=O)CC(C)(C)C)cc(NC(=O)CC(C)(C)C)c1. The molecule has 1 rings (SSSR count). The summed E-state index contributed by atoms with van der Waals surface area (Å²) in [5.41, 5.74) is 1.35. The molecule has 1 aromatic rings. The second-order valence-corrected chi connectivity index (χ2v) is 10.0. The fourth-order valence-electron chi connectivity index (χ4n) is 2.78. The van der Waals surface area contributed by atoms with Crippen LogP contribution in [-0.2, 0) is 14.4 Å². The molecule has 0 unspecified atom stereocenters. The highest BCUT2D eigenvalue weighted by Gasteiger charge is 2.18. The molecule has 0 aliphatic carbocycles. The van der Waals surface area contributed by atoms with Gasteiger partial charge in [-0.1, -0.05) is 54.9 Å². The summed E-state index contributed by atoms with van der Waals surface area (Å²) in [6.07, 6.45) is 2.91. The summed E-state index contributed by atoms with van der Waals surface area (Å²) >= 11 is 0. The van der Waals surface area contributed by atoms with E-state index in [0.29, 0.717) is 36.3 Å². The molecule has 6 nitrogen and oxygen atoms in total. The molecule has 0 bridgehead atoms. The lowest BCUT2D eigenvalue weighted by Crippen LogP contribution is -2.21. The van der Waals surface area contributed by atoms with Crippen LogP contribution < -0.4 is 16.0 Å². The van der Waals surface area contributed by atoms with Gasteiger partial charge in [-0.05, 0) is 35.4 Å². The van der Waals surface area contributed by atoms with E-state index in [4.69, 9.17) is 0 Å². The Bertz CT molecular complexity index is 680. The highest BCUT2D eigenvalue weighted by atomic mass is 16.2. The zero-order valence-corrected chi connectivity index (χ0v) is 19.0. The van der Waals surface area contributed by atoms with Crippen LogP contribution in [0.2, 0.25) is 0 Å². The number of hydrogen-bond acceptors (Lipinski definition) is 3. The van der Waals surface area contributed by atoms with E-state index in [1.165, 1.54) is 0 Å². The number of anilines is 3. The van der Waals surface area contributed by atoms with E-state index in [1.54, 1.807) is 18.2 Å². The molecule has 3 amide bonds. The Morgan fingerprint density at radius 2 is 1.03 bits per heavy atom. The first-order valence-electron chi connectivity index (χ1n) is 10.3. The summed E-state index contributed by atoms with van der Waals surface area (Å²) in [6.45, 7) is 14.0. The largest absolute Gasteiger partial charge is 0.326 e. The predicted octanol–water partition coefficient (Wildman–Crippen LogP) is 5.56. The average Bonchev–Trinajstić information content (AvgIpc) is 2.48. The summed E-state index contributed by atoms with van der Waals surface area (Å²) in [5.74, 6) is -0.310. The smallest absolute Gasteiger partial charge is 0.224 e. The van der Waals surface area contributed by atoms with Gasteiger partial charge in [0.05, 0.1) is 0 Å². The predicted molar refractivity (Wildman–Crippen MR) is 120 cm³/mol. The van der Waals surface area contributed by atoms with E-state index in [2.05, 4.69) is 16.0 Å². The van der Waals surface area contributed by atoms with Crippen LogP contribution in [0.3, 0.4) is 0 Å². The van der Waals surface area contributed by atoms with Crippen molar-refractivity contribution in [3.8, 4) is 0 Å². The summed E-state index contributed by atoms with van der Waals surface area (Å²) in [5, 5.41) is 8.61. The van der Waals surface area contributed by atoms with Crippen LogP contribution in [0.25, 0.3) is 0 Å². The molecule has 0 spiro atoms. The Balaban J connectivity index is 3.03. The van der Waals surface area contributed by atoms with Crippen molar-refractivity contribution in [1.29, 1.82) is 0 Å². The summed E-state index contributed by atoms with van der Waals surface area (Å²) < 4.78 is 0. The van der Waals surface area contributed by atoms with Crippen molar-refractivity contribution >= 4 is 34.8 Å². The Labute approximate surface area is 175 Å². The van der Waals surface area contributed by atoms with Gasteiger partial charge in [-0.15, -0.1) is 0 Å². The number of amides is 3. The maximum Gasteiger partial charge on any atom is 0.224 e. The number of unbranched alkanes of at least 4 members (excludes halogenated alkanes) is 1. The van der Waals surface area contributed by atoms with Gasteiger partial charge in [0, 0.05) is 36.3 Å². The van der Waals surface area contributed by atoms with Crippen molar-refractivity contribution in [2.75, 3.05) is 16.0 Å². The van der Waals surface area contributed by atoms with Gasteiger partial charge in [-0.3, -0.25) is 14.4 Å². The molecular weight excluding hydrogens is 366 g/mol. The molecule has 162 valence electrons. The maximum atomic E-state index is 12.3. The Morgan fingerprint density at radius 1 is 0.690 bits per heavy atom. The fourth-order valence-corrected chi connectivity index (χ4v) is 2.78. The van der Waals surface area contributed by atoms with Crippen molar-refractivity contribution in [1.82, 2.24) is 0 Å². The van der Waals surface area contributed by atoms with Crippen molar-refractivity contribution in [2.45, 2.75) is 80.6 Å². The van der Waals surface area contributed by atoms with Crippen molar-refractivity contribution < 1.29 is 14.4 Å². The fraction of sp³-hybridized carbons (Fsp3) is 0.609. The highest BCUT2D eigenvalue weighted by Crippen LogP contribution is 2.26. The first-order valence-corrected chi connectivity index (χ1v) is 10.3.